The summed E-state index contributed by atoms with van der Waals surface area (Å²) in [6.45, 7) is 14.0. The topological polar surface area (TPSA) is 71.1 Å². The molecule has 1 aromatic carbocycles. The molecule has 1 N–H and O–H groups in total. The highest BCUT2D eigenvalue weighted by molar-refractivity contribution is 6.03. The zero-order valence-corrected chi connectivity index (χ0v) is 20.7. The van der Waals surface area contributed by atoms with Crippen molar-refractivity contribution in [3.8, 4) is 11.5 Å². The Morgan fingerprint density at radius 3 is 1.62 bits per heavy atom. The summed E-state index contributed by atoms with van der Waals surface area (Å²) in [5.74, 6) is 0.495. The molecule has 0 unspecified atom stereocenters. The molecule has 7 nitrogen and oxygen atoms in total. The molecule has 0 aliphatic carbocycles. The van der Waals surface area contributed by atoms with Gasteiger partial charge < -0.3 is 24.6 Å². The number of allylic oxidation sites excluding steroid dienone is 2. The number of likely N-dealkylation sites (N-methyl/N-ethyl adjacent to an activating group) is 2. The van der Waals surface area contributed by atoms with Gasteiger partial charge in [0.15, 0.2) is 11.5 Å². The Balaban J connectivity index is 2.77. The number of nitrogens with zero attached hydrogens (tertiary/aromatic N) is 2. The maximum absolute atomic E-state index is 13.6. The van der Waals surface area contributed by atoms with Crippen LogP contribution in [0.2, 0.25) is 0 Å². The Morgan fingerprint density at radius 1 is 0.812 bits per heavy atom. The number of hydrogen-bond donors (Lipinski definition) is 1. The van der Waals surface area contributed by atoms with Crippen molar-refractivity contribution in [1.29, 1.82) is 0 Å². The normalized spacial score (nSPS) is 14.2. The number of amides is 2. The first kappa shape index (κ1) is 25.3. The summed E-state index contributed by atoms with van der Waals surface area (Å²) in [6.07, 6.45) is 0. The van der Waals surface area contributed by atoms with E-state index in [0.717, 1.165) is 17.0 Å². The molecule has 7 heteroatoms. The molecule has 0 saturated heterocycles. The lowest BCUT2D eigenvalue weighted by Crippen LogP contribution is -2.42. The highest BCUT2D eigenvalue weighted by Crippen LogP contribution is 2.42. The van der Waals surface area contributed by atoms with Crippen LogP contribution in [0.15, 0.2) is 40.7 Å². The fourth-order valence-corrected chi connectivity index (χ4v) is 4.29. The Morgan fingerprint density at radius 2 is 1.25 bits per heavy atom. The van der Waals surface area contributed by atoms with E-state index in [0.29, 0.717) is 48.8 Å². The molecule has 0 fully saturated rings. The van der Waals surface area contributed by atoms with Gasteiger partial charge in [0.05, 0.1) is 14.2 Å². The van der Waals surface area contributed by atoms with E-state index in [2.05, 4.69) is 5.32 Å². The lowest BCUT2D eigenvalue weighted by Gasteiger charge is -2.35. The van der Waals surface area contributed by atoms with Crippen LogP contribution in [0.4, 0.5) is 0 Å². The Bertz CT molecular complexity index is 866. The number of rotatable bonds is 9. The van der Waals surface area contributed by atoms with Crippen molar-refractivity contribution >= 4 is 11.8 Å². The Kier molecular flexibility index (Phi) is 8.75. The molecule has 2 rings (SSSR count). The van der Waals surface area contributed by atoms with E-state index < -0.39 is 5.92 Å². The smallest absolute Gasteiger partial charge is 0.252 e. The van der Waals surface area contributed by atoms with Gasteiger partial charge in [-0.2, -0.15) is 0 Å². The molecule has 1 aromatic rings. The van der Waals surface area contributed by atoms with Crippen molar-refractivity contribution in [1.82, 2.24) is 15.1 Å². The van der Waals surface area contributed by atoms with Gasteiger partial charge in [0.2, 0.25) is 0 Å². The minimum atomic E-state index is -0.516. The van der Waals surface area contributed by atoms with Crippen molar-refractivity contribution in [3.63, 3.8) is 0 Å². The molecule has 0 atom stereocenters. The molecule has 1 aliphatic heterocycles. The molecule has 176 valence electrons. The monoisotopic (exact) mass is 443 g/mol. The summed E-state index contributed by atoms with van der Waals surface area (Å²) in [6, 6.07) is 5.59. The van der Waals surface area contributed by atoms with Crippen LogP contribution in [0.3, 0.4) is 0 Å². The van der Waals surface area contributed by atoms with Crippen LogP contribution in [-0.4, -0.2) is 62.0 Å². The second-order valence-electron chi connectivity index (χ2n) is 7.70. The minimum absolute atomic E-state index is 0.0721. The molecule has 1 aliphatic rings. The first-order valence-corrected chi connectivity index (χ1v) is 11.3. The molecule has 2 amide bonds. The van der Waals surface area contributed by atoms with E-state index in [-0.39, 0.29) is 11.8 Å². The van der Waals surface area contributed by atoms with Crippen molar-refractivity contribution in [2.45, 2.75) is 47.5 Å². The minimum Gasteiger partial charge on any atom is -0.493 e. The molecule has 32 heavy (non-hydrogen) atoms. The lowest BCUT2D eigenvalue weighted by atomic mass is 9.79. The van der Waals surface area contributed by atoms with Gasteiger partial charge in [-0.1, -0.05) is 6.07 Å². The molecule has 0 spiro atoms. The van der Waals surface area contributed by atoms with Crippen molar-refractivity contribution in [3.05, 3.63) is 46.3 Å². The van der Waals surface area contributed by atoms with Gasteiger partial charge in [-0.15, -0.1) is 0 Å². The molecular weight excluding hydrogens is 406 g/mol. The Hall–Kier alpha value is -2.96. The quantitative estimate of drug-likeness (QED) is 0.631. The van der Waals surface area contributed by atoms with Crippen molar-refractivity contribution in [2.24, 2.45) is 0 Å². The molecule has 0 bridgehead atoms. The second kappa shape index (κ2) is 11.1. The van der Waals surface area contributed by atoms with Gasteiger partial charge in [0, 0.05) is 54.6 Å². The molecular formula is C25H37N3O4. The summed E-state index contributed by atoms with van der Waals surface area (Å²) in [5.41, 5.74) is 3.50. The molecule has 0 radical (unpaired) electrons. The van der Waals surface area contributed by atoms with E-state index in [4.69, 9.17) is 9.47 Å². The van der Waals surface area contributed by atoms with E-state index >= 15 is 0 Å². The molecule has 0 saturated carbocycles. The number of methoxy groups -OCH3 is 2. The van der Waals surface area contributed by atoms with Gasteiger partial charge in [-0.3, -0.25) is 9.59 Å². The highest BCUT2D eigenvalue weighted by Gasteiger charge is 2.39. The number of benzene rings is 1. The predicted molar refractivity (Wildman–Crippen MR) is 127 cm³/mol. The second-order valence-corrected chi connectivity index (χ2v) is 7.70. The largest absolute Gasteiger partial charge is 0.493 e. The average Bonchev–Trinajstić information content (AvgIpc) is 2.79. The fourth-order valence-electron chi connectivity index (χ4n) is 4.29. The first-order chi connectivity index (χ1) is 15.3. The third kappa shape index (κ3) is 4.76. The predicted octanol–water partition coefficient (Wildman–Crippen LogP) is 3.68. The Labute approximate surface area is 192 Å². The van der Waals surface area contributed by atoms with E-state index in [1.54, 1.807) is 24.0 Å². The number of hydrogen-bond acceptors (Lipinski definition) is 5. The number of carbonyl (C=O) groups excluding carboxylic acids is 2. The van der Waals surface area contributed by atoms with Crippen LogP contribution in [0.25, 0.3) is 0 Å². The first-order valence-electron chi connectivity index (χ1n) is 11.3. The fraction of sp³-hybridized carbons (Fsp3) is 0.520. The van der Waals surface area contributed by atoms with E-state index in [9.17, 15) is 9.59 Å². The van der Waals surface area contributed by atoms with Crippen LogP contribution in [0.1, 0.15) is 53.0 Å². The van der Waals surface area contributed by atoms with Crippen LogP contribution in [0.5, 0.6) is 11.5 Å². The van der Waals surface area contributed by atoms with Crippen molar-refractivity contribution < 1.29 is 19.1 Å². The van der Waals surface area contributed by atoms with Gasteiger partial charge in [-0.25, -0.2) is 0 Å². The van der Waals surface area contributed by atoms with Gasteiger partial charge in [0.1, 0.15) is 0 Å². The van der Waals surface area contributed by atoms with E-state index in [1.165, 1.54) is 0 Å². The third-order valence-corrected chi connectivity index (χ3v) is 6.06. The molecule has 0 aromatic heterocycles. The van der Waals surface area contributed by atoms with Gasteiger partial charge in [-0.05, 0) is 59.2 Å². The third-order valence-electron chi connectivity index (χ3n) is 6.06. The summed E-state index contributed by atoms with van der Waals surface area (Å²) in [5, 5.41) is 3.31. The number of ether oxygens (including phenoxy) is 2. The highest BCUT2D eigenvalue weighted by atomic mass is 16.5. The summed E-state index contributed by atoms with van der Waals surface area (Å²) in [7, 11) is 3.16. The van der Waals surface area contributed by atoms with Crippen LogP contribution in [-0.2, 0) is 9.59 Å². The van der Waals surface area contributed by atoms with Gasteiger partial charge in [0.25, 0.3) is 11.8 Å². The summed E-state index contributed by atoms with van der Waals surface area (Å²) >= 11 is 0. The number of dihydropyridines is 1. The zero-order chi connectivity index (χ0) is 24.0. The zero-order valence-electron chi connectivity index (χ0n) is 20.7. The molecule has 1 heterocycles. The standard InChI is InChI=1S/C25H37N3O4/c1-9-27(10-2)24(29)21-16(5)26-17(6)22(25(30)28(11-3)12-4)23(21)18-13-14-19(31-7)20(15-18)32-8/h13-15,23,26H,9-12H2,1-8H3. The SMILES string of the molecule is CCN(CC)C(=O)C1=C(C)NC(C)=C(C(=O)N(CC)CC)C1c1ccc(OC)c(OC)c1. The van der Waals surface area contributed by atoms with Crippen LogP contribution in [0, 0.1) is 0 Å². The lowest BCUT2D eigenvalue weighted by molar-refractivity contribution is -0.127. The van der Waals surface area contributed by atoms with Crippen LogP contribution >= 0.6 is 0 Å². The van der Waals surface area contributed by atoms with E-state index in [1.807, 2.05) is 59.7 Å². The average molecular weight is 444 g/mol. The van der Waals surface area contributed by atoms with Gasteiger partial charge >= 0.3 is 0 Å². The number of nitrogens with one attached hydrogen (secondary N) is 1. The summed E-state index contributed by atoms with van der Waals surface area (Å²) in [4.78, 5) is 30.9. The number of carbonyl (C=O) groups is 2. The maximum atomic E-state index is 13.6. The van der Waals surface area contributed by atoms with Crippen LogP contribution < -0.4 is 14.8 Å². The van der Waals surface area contributed by atoms with Crippen molar-refractivity contribution in [2.75, 3.05) is 40.4 Å². The maximum Gasteiger partial charge on any atom is 0.252 e. The summed E-state index contributed by atoms with van der Waals surface area (Å²) < 4.78 is 10.9.